The molecule has 1 aromatic rings. The van der Waals surface area contributed by atoms with Crippen LogP contribution in [0.4, 0.5) is 0 Å². The van der Waals surface area contributed by atoms with Crippen molar-refractivity contribution >= 4 is 25.0 Å². The minimum atomic E-state index is -1.26. The molecule has 0 fully saturated rings. The number of benzene rings is 1. The van der Waals surface area contributed by atoms with Crippen molar-refractivity contribution in [3.63, 3.8) is 0 Å². The fourth-order valence-corrected chi connectivity index (χ4v) is 4.36. The Balaban J connectivity index is 2.85. The van der Waals surface area contributed by atoms with Gasteiger partial charge in [0.15, 0.2) is 0 Å². The van der Waals surface area contributed by atoms with Crippen LogP contribution in [-0.4, -0.2) is 28.4 Å². The summed E-state index contributed by atoms with van der Waals surface area (Å²) in [5.74, 6) is 0. The van der Waals surface area contributed by atoms with Gasteiger partial charge in [0, 0.05) is 0 Å². The molecule has 1 aromatic carbocycles. The summed E-state index contributed by atoms with van der Waals surface area (Å²) in [6.45, 7) is 5.77. The van der Waals surface area contributed by atoms with E-state index in [9.17, 15) is 0 Å². The van der Waals surface area contributed by atoms with Crippen LogP contribution in [-0.2, 0) is 11.3 Å². The molecule has 0 bridgehead atoms. The third-order valence-corrected chi connectivity index (χ3v) is 7.41. The zero-order chi connectivity index (χ0) is 10.6. The van der Waals surface area contributed by atoms with Crippen molar-refractivity contribution in [3.05, 3.63) is 29.3 Å². The number of aryl methyl sites for hydroxylation is 1. The van der Waals surface area contributed by atoms with Gasteiger partial charge in [-0.05, 0) is 0 Å². The predicted molar refractivity (Wildman–Crippen MR) is 63.6 cm³/mol. The molecule has 0 unspecified atom stereocenters. The van der Waals surface area contributed by atoms with Crippen LogP contribution in [0.1, 0.15) is 18.1 Å². The fraction of sp³-hybridized carbons (Fsp3) is 0.500. The van der Waals surface area contributed by atoms with Gasteiger partial charge in [0.05, 0.1) is 0 Å². The van der Waals surface area contributed by atoms with Gasteiger partial charge in [0.1, 0.15) is 0 Å². The SMILES string of the molecule is CCOCc1c[c]([Bi]([CH3])[CH3])ccc1C. The second-order valence-corrected chi connectivity index (χ2v) is 12.6. The van der Waals surface area contributed by atoms with E-state index in [1.165, 1.54) is 11.1 Å². The molecule has 0 saturated heterocycles. The summed E-state index contributed by atoms with van der Waals surface area (Å²) in [6.07, 6.45) is 0. The molecule has 0 N–H and O–H groups in total. The summed E-state index contributed by atoms with van der Waals surface area (Å²) in [7, 11) is 0. The maximum atomic E-state index is 5.46. The molecular formula is C12H19BiO. The van der Waals surface area contributed by atoms with Gasteiger partial charge in [-0.1, -0.05) is 0 Å². The van der Waals surface area contributed by atoms with Gasteiger partial charge >= 0.3 is 95.4 Å². The predicted octanol–water partition coefficient (Wildman–Crippen LogP) is 2.49. The molecule has 0 atom stereocenters. The van der Waals surface area contributed by atoms with Gasteiger partial charge in [-0.2, -0.15) is 0 Å². The quantitative estimate of drug-likeness (QED) is 0.721. The maximum absolute atomic E-state index is 5.46. The normalized spacial score (nSPS) is 10.9. The van der Waals surface area contributed by atoms with Crippen LogP contribution < -0.4 is 3.27 Å². The van der Waals surface area contributed by atoms with Crippen LogP contribution in [0.5, 0.6) is 0 Å². The molecule has 0 aromatic heterocycles. The average Bonchev–Trinajstić information content (AvgIpc) is 2.16. The van der Waals surface area contributed by atoms with E-state index in [1.54, 1.807) is 3.27 Å². The second kappa shape index (κ2) is 5.83. The molecule has 1 nitrogen and oxygen atoms in total. The van der Waals surface area contributed by atoms with E-state index in [0.717, 1.165) is 13.2 Å². The topological polar surface area (TPSA) is 9.23 Å². The first kappa shape index (κ1) is 12.1. The Morgan fingerprint density at radius 2 is 2.00 bits per heavy atom. The molecule has 14 heavy (non-hydrogen) atoms. The minimum absolute atomic E-state index is 0.772. The molecular weight excluding hydrogens is 369 g/mol. The van der Waals surface area contributed by atoms with Crippen molar-refractivity contribution < 1.29 is 4.74 Å². The Morgan fingerprint density at radius 3 is 2.57 bits per heavy atom. The molecule has 0 aliphatic carbocycles. The van der Waals surface area contributed by atoms with Crippen molar-refractivity contribution in [2.24, 2.45) is 0 Å². The summed E-state index contributed by atoms with van der Waals surface area (Å²) in [4.78, 5) is 0. The molecule has 0 saturated carbocycles. The van der Waals surface area contributed by atoms with Crippen molar-refractivity contribution in [2.45, 2.75) is 29.7 Å². The molecule has 0 radical (unpaired) electrons. The summed E-state index contributed by atoms with van der Waals surface area (Å²) in [6, 6.07) is 6.88. The average molecular weight is 388 g/mol. The van der Waals surface area contributed by atoms with Gasteiger partial charge in [0.25, 0.3) is 0 Å². The van der Waals surface area contributed by atoms with Gasteiger partial charge < -0.3 is 0 Å². The van der Waals surface area contributed by atoms with Crippen LogP contribution in [0.3, 0.4) is 0 Å². The van der Waals surface area contributed by atoms with Crippen LogP contribution in [0, 0.1) is 6.92 Å². The first-order valence-corrected chi connectivity index (χ1v) is 13.7. The Bertz CT molecular complexity index is 294. The van der Waals surface area contributed by atoms with E-state index in [0.29, 0.717) is 0 Å². The van der Waals surface area contributed by atoms with Crippen LogP contribution in [0.15, 0.2) is 18.2 Å². The third-order valence-electron chi connectivity index (χ3n) is 2.31. The number of rotatable bonds is 4. The molecule has 0 amide bonds. The van der Waals surface area contributed by atoms with Crippen molar-refractivity contribution in [2.75, 3.05) is 6.61 Å². The zero-order valence-corrected chi connectivity index (χ0v) is 13.0. The van der Waals surface area contributed by atoms with Crippen molar-refractivity contribution in [3.8, 4) is 0 Å². The van der Waals surface area contributed by atoms with Gasteiger partial charge in [-0.3, -0.25) is 0 Å². The molecule has 0 aliphatic heterocycles. The molecule has 1 rings (SSSR count). The van der Waals surface area contributed by atoms with Crippen LogP contribution >= 0.6 is 0 Å². The standard InChI is InChI=1S/C10H13O.2CH3.Bi/c1-3-11-8-10-7-5-4-6-9(10)2;;;/h4,6-7H,3,8H2,1-2H3;2*1H3;. The third kappa shape index (κ3) is 3.33. The van der Waals surface area contributed by atoms with Crippen molar-refractivity contribution in [1.29, 1.82) is 0 Å². The summed E-state index contributed by atoms with van der Waals surface area (Å²) >= 11 is -1.26. The summed E-state index contributed by atoms with van der Waals surface area (Å²) < 4.78 is 11.9. The number of hydrogen-bond acceptors (Lipinski definition) is 1. The van der Waals surface area contributed by atoms with E-state index >= 15 is 0 Å². The Kier molecular flexibility index (Phi) is 5.05. The number of hydrogen-bond donors (Lipinski definition) is 0. The fourth-order valence-electron chi connectivity index (χ4n) is 1.30. The van der Waals surface area contributed by atoms with E-state index in [4.69, 9.17) is 4.74 Å². The summed E-state index contributed by atoms with van der Waals surface area (Å²) in [5, 5.41) is 0. The zero-order valence-electron chi connectivity index (χ0n) is 9.50. The Hall–Kier alpha value is 0.0631. The van der Waals surface area contributed by atoms with E-state index in [1.807, 2.05) is 6.92 Å². The van der Waals surface area contributed by atoms with Crippen LogP contribution in [0.25, 0.3) is 0 Å². The molecule has 2 heteroatoms. The molecule has 0 aliphatic rings. The van der Waals surface area contributed by atoms with Crippen molar-refractivity contribution in [1.82, 2.24) is 0 Å². The van der Waals surface area contributed by atoms with Gasteiger partial charge in [0.2, 0.25) is 0 Å². The van der Waals surface area contributed by atoms with E-state index in [-0.39, 0.29) is 0 Å². The summed E-state index contributed by atoms with van der Waals surface area (Å²) in [5.41, 5.74) is 2.72. The Morgan fingerprint density at radius 1 is 1.29 bits per heavy atom. The number of ether oxygens (including phenoxy) is 1. The molecule has 0 heterocycles. The van der Waals surface area contributed by atoms with Gasteiger partial charge in [-0.25, -0.2) is 0 Å². The monoisotopic (exact) mass is 388 g/mol. The first-order chi connectivity index (χ1) is 6.65. The van der Waals surface area contributed by atoms with Crippen LogP contribution in [0.2, 0.25) is 9.26 Å². The molecule has 78 valence electrons. The van der Waals surface area contributed by atoms with E-state index in [2.05, 4.69) is 34.4 Å². The Labute approximate surface area is 95.2 Å². The molecule has 0 spiro atoms. The first-order valence-electron chi connectivity index (χ1n) is 4.99. The van der Waals surface area contributed by atoms with Gasteiger partial charge in [-0.15, -0.1) is 0 Å². The second-order valence-electron chi connectivity index (χ2n) is 3.64. The van der Waals surface area contributed by atoms with E-state index < -0.39 is 21.8 Å².